The van der Waals surface area contributed by atoms with E-state index < -0.39 is 12.4 Å². The van der Waals surface area contributed by atoms with Crippen molar-refractivity contribution in [2.45, 2.75) is 51.5 Å². The highest BCUT2D eigenvalue weighted by atomic mass is 16.7. The predicted molar refractivity (Wildman–Crippen MR) is 166 cm³/mol. The number of benzene rings is 3. The zero-order valence-electron chi connectivity index (χ0n) is 25.7. The molecule has 2 heterocycles. The van der Waals surface area contributed by atoms with Gasteiger partial charge in [-0.15, -0.1) is 0 Å². The number of fused-ring (bicyclic) bond motifs is 1. The zero-order chi connectivity index (χ0) is 31.1. The molecule has 0 aliphatic carbocycles. The van der Waals surface area contributed by atoms with Crippen molar-refractivity contribution in [1.29, 1.82) is 0 Å². The molecule has 9 nitrogen and oxygen atoms in total. The van der Waals surface area contributed by atoms with Crippen LogP contribution in [0.2, 0.25) is 0 Å². The molecule has 0 unspecified atom stereocenters. The molecule has 2 aliphatic heterocycles. The SMILES string of the molecule is C=CCOC(=O)NCc1ccc([C@@H]2O[C@H](CN3CCc4cc(OC)c(OC)cc4C3)[C@H](C)[C@H](c3ccc(CO)cc3)O2)cc1. The number of aliphatic hydroxyl groups is 1. The van der Waals surface area contributed by atoms with Gasteiger partial charge in [0.25, 0.3) is 0 Å². The van der Waals surface area contributed by atoms with E-state index in [2.05, 4.69) is 35.9 Å². The number of nitrogens with zero attached hydrogens (tertiary/aromatic N) is 1. The molecular weight excluding hydrogens is 560 g/mol. The van der Waals surface area contributed by atoms with E-state index in [1.165, 1.54) is 17.2 Å². The number of carbonyl (C=O) groups excluding carboxylic acids is 1. The van der Waals surface area contributed by atoms with Gasteiger partial charge in [0, 0.05) is 37.7 Å². The van der Waals surface area contributed by atoms with Crippen LogP contribution in [0.25, 0.3) is 0 Å². The average molecular weight is 603 g/mol. The van der Waals surface area contributed by atoms with Crippen LogP contribution in [0.4, 0.5) is 4.79 Å². The summed E-state index contributed by atoms with van der Waals surface area (Å²) in [5, 5.41) is 12.3. The Bertz CT molecular complexity index is 1410. The van der Waals surface area contributed by atoms with E-state index in [-0.39, 0.29) is 31.3 Å². The molecule has 0 radical (unpaired) electrons. The Kier molecular flexibility index (Phi) is 10.6. The third-order valence-corrected chi connectivity index (χ3v) is 8.38. The Hall–Kier alpha value is -3.89. The van der Waals surface area contributed by atoms with Crippen LogP contribution in [0.1, 0.15) is 52.7 Å². The van der Waals surface area contributed by atoms with Gasteiger partial charge in [-0.1, -0.05) is 68.1 Å². The minimum absolute atomic E-state index is 0.00397. The Morgan fingerprint density at radius 3 is 2.32 bits per heavy atom. The maximum absolute atomic E-state index is 11.8. The van der Waals surface area contributed by atoms with Gasteiger partial charge in [-0.25, -0.2) is 4.79 Å². The molecule has 1 saturated heterocycles. The van der Waals surface area contributed by atoms with Crippen molar-refractivity contribution in [2.24, 2.45) is 5.92 Å². The fraction of sp³-hybridized carbons (Fsp3) is 0.400. The van der Waals surface area contributed by atoms with E-state index in [0.717, 1.165) is 59.8 Å². The van der Waals surface area contributed by atoms with E-state index in [9.17, 15) is 9.90 Å². The fourth-order valence-corrected chi connectivity index (χ4v) is 5.83. The average Bonchev–Trinajstić information content (AvgIpc) is 3.06. The Morgan fingerprint density at radius 2 is 1.66 bits per heavy atom. The standard InChI is InChI=1S/C35H42N2O7/c1-5-16-42-35(39)36-19-24-6-12-27(13-7-24)34-43-32(23(2)33(44-34)26-10-8-25(22-38)9-11-26)21-37-15-14-28-17-30(40-3)31(41-4)18-29(28)20-37/h5-13,17-18,23,32-34,38H,1,14-16,19-22H2,2-4H3,(H,36,39)/t23-,32+,33+,34+/m0/s1. The van der Waals surface area contributed by atoms with Gasteiger partial charge < -0.3 is 34.1 Å². The normalized spacial score (nSPS) is 21.6. The van der Waals surface area contributed by atoms with Gasteiger partial charge in [0.05, 0.1) is 33.0 Å². The summed E-state index contributed by atoms with van der Waals surface area (Å²) in [6.07, 6.45) is 1.09. The summed E-state index contributed by atoms with van der Waals surface area (Å²) in [5.74, 6) is 1.57. The molecule has 0 saturated carbocycles. The van der Waals surface area contributed by atoms with Crippen LogP contribution in [-0.4, -0.2) is 56.1 Å². The van der Waals surface area contributed by atoms with Gasteiger partial charge in [-0.05, 0) is 46.4 Å². The first-order valence-electron chi connectivity index (χ1n) is 15.0. The van der Waals surface area contributed by atoms with Gasteiger partial charge in [-0.2, -0.15) is 0 Å². The Balaban J connectivity index is 1.33. The fourth-order valence-electron chi connectivity index (χ4n) is 5.83. The molecule has 3 aromatic rings. The summed E-state index contributed by atoms with van der Waals surface area (Å²) in [7, 11) is 3.33. The summed E-state index contributed by atoms with van der Waals surface area (Å²) in [5.41, 5.74) is 6.26. The van der Waals surface area contributed by atoms with Gasteiger partial charge in [0.2, 0.25) is 0 Å². The van der Waals surface area contributed by atoms with Gasteiger partial charge >= 0.3 is 6.09 Å². The number of hydrogen-bond acceptors (Lipinski definition) is 8. The topological polar surface area (TPSA) is 98.7 Å². The van der Waals surface area contributed by atoms with Crippen LogP contribution < -0.4 is 14.8 Å². The van der Waals surface area contributed by atoms with E-state index in [1.54, 1.807) is 14.2 Å². The number of amides is 1. The van der Waals surface area contributed by atoms with Crippen molar-refractivity contribution in [3.8, 4) is 11.5 Å². The van der Waals surface area contributed by atoms with Crippen LogP contribution >= 0.6 is 0 Å². The molecule has 44 heavy (non-hydrogen) atoms. The van der Waals surface area contributed by atoms with Crippen molar-refractivity contribution in [2.75, 3.05) is 33.9 Å². The number of aliphatic hydroxyl groups excluding tert-OH is 1. The van der Waals surface area contributed by atoms with Crippen molar-refractivity contribution in [3.63, 3.8) is 0 Å². The molecule has 3 aromatic carbocycles. The highest BCUT2D eigenvalue weighted by Gasteiger charge is 2.39. The zero-order valence-corrected chi connectivity index (χ0v) is 25.7. The molecule has 2 aliphatic rings. The molecule has 0 spiro atoms. The third-order valence-electron chi connectivity index (χ3n) is 8.38. The number of carbonyl (C=O) groups is 1. The molecule has 0 bridgehead atoms. The van der Waals surface area contributed by atoms with E-state index in [4.69, 9.17) is 23.7 Å². The smallest absolute Gasteiger partial charge is 0.407 e. The largest absolute Gasteiger partial charge is 0.493 e. The van der Waals surface area contributed by atoms with Crippen LogP contribution in [0.15, 0.2) is 73.3 Å². The second kappa shape index (κ2) is 14.7. The second-order valence-electron chi connectivity index (χ2n) is 11.3. The molecular formula is C35H42N2O7. The quantitative estimate of drug-likeness (QED) is 0.280. The first kappa shape index (κ1) is 31.5. The first-order valence-corrected chi connectivity index (χ1v) is 15.0. The van der Waals surface area contributed by atoms with Crippen LogP contribution in [-0.2, 0) is 40.3 Å². The third kappa shape index (κ3) is 7.42. The molecule has 4 atom stereocenters. The number of methoxy groups -OCH3 is 2. The van der Waals surface area contributed by atoms with E-state index >= 15 is 0 Å². The van der Waals surface area contributed by atoms with Crippen LogP contribution in [0.5, 0.6) is 11.5 Å². The Labute approximate surface area is 259 Å². The van der Waals surface area contributed by atoms with E-state index in [1.807, 2.05) is 48.5 Å². The van der Waals surface area contributed by atoms with Gasteiger partial charge in [0.1, 0.15) is 6.61 Å². The minimum Gasteiger partial charge on any atom is -0.493 e. The number of nitrogens with one attached hydrogen (secondary N) is 1. The molecule has 2 N–H and O–H groups in total. The van der Waals surface area contributed by atoms with Crippen molar-refractivity contribution in [1.82, 2.24) is 10.2 Å². The second-order valence-corrected chi connectivity index (χ2v) is 11.3. The lowest BCUT2D eigenvalue weighted by molar-refractivity contribution is -0.276. The monoisotopic (exact) mass is 602 g/mol. The van der Waals surface area contributed by atoms with Gasteiger partial charge in [-0.3, -0.25) is 4.90 Å². The lowest BCUT2D eigenvalue weighted by Crippen LogP contribution is -2.45. The maximum Gasteiger partial charge on any atom is 0.407 e. The van der Waals surface area contributed by atoms with E-state index in [0.29, 0.717) is 6.54 Å². The minimum atomic E-state index is -0.570. The summed E-state index contributed by atoms with van der Waals surface area (Å²) in [4.78, 5) is 14.2. The van der Waals surface area contributed by atoms with Crippen LogP contribution in [0, 0.1) is 5.92 Å². The summed E-state index contributed by atoms with van der Waals surface area (Å²) in [6, 6.07) is 20.0. The first-order chi connectivity index (χ1) is 21.4. The number of hydrogen-bond donors (Lipinski definition) is 2. The molecule has 5 rings (SSSR count). The van der Waals surface area contributed by atoms with Crippen molar-refractivity contribution in [3.05, 3.63) is 107 Å². The molecule has 1 amide bonds. The molecule has 1 fully saturated rings. The maximum atomic E-state index is 11.8. The molecule has 234 valence electrons. The highest BCUT2D eigenvalue weighted by molar-refractivity contribution is 5.67. The molecule has 0 aromatic heterocycles. The van der Waals surface area contributed by atoms with Crippen molar-refractivity contribution >= 4 is 6.09 Å². The predicted octanol–water partition coefficient (Wildman–Crippen LogP) is 5.46. The summed E-state index contributed by atoms with van der Waals surface area (Å²) >= 11 is 0. The number of ether oxygens (including phenoxy) is 5. The van der Waals surface area contributed by atoms with Crippen LogP contribution in [0.3, 0.4) is 0 Å². The summed E-state index contributed by atoms with van der Waals surface area (Å²) < 4.78 is 29.4. The highest BCUT2D eigenvalue weighted by Crippen LogP contribution is 2.42. The summed E-state index contributed by atoms with van der Waals surface area (Å²) in [6.45, 7) is 8.68. The van der Waals surface area contributed by atoms with Gasteiger partial charge in [0.15, 0.2) is 17.8 Å². The van der Waals surface area contributed by atoms with Crippen molar-refractivity contribution < 1.29 is 33.6 Å². The number of rotatable bonds is 11. The Morgan fingerprint density at radius 1 is 1.00 bits per heavy atom. The lowest BCUT2D eigenvalue weighted by atomic mass is 9.89. The molecule has 9 heteroatoms. The number of alkyl carbamates (subject to hydrolysis) is 1. The lowest BCUT2D eigenvalue weighted by Gasteiger charge is -2.43.